The summed E-state index contributed by atoms with van der Waals surface area (Å²) in [5.74, 6) is -1.36. The van der Waals surface area contributed by atoms with Crippen molar-refractivity contribution in [2.45, 2.75) is 37.5 Å². The van der Waals surface area contributed by atoms with Gasteiger partial charge >= 0.3 is 11.9 Å². The van der Waals surface area contributed by atoms with Crippen molar-refractivity contribution in [3.63, 3.8) is 0 Å². The van der Waals surface area contributed by atoms with Gasteiger partial charge in [0.1, 0.15) is 11.3 Å². The second-order valence-electron chi connectivity index (χ2n) is 8.38. The minimum atomic E-state index is -0.687. The van der Waals surface area contributed by atoms with Gasteiger partial charge in [0.05, 0.1) is 26.5 Å². The number of para-hydroxylation sites is 1. The molecule has 0 aliphatic heterocycles. The molecule has 2 aromatic carbocycles. The summed E-state index contributed by atoms with van der Waals surface area (Å²) in [4.78, 5) is 25.7. The summed E-state index contributed by atoms with van der Waals surface area (Å²) in [6, 6.07) is 16.8. The predicted molar refractivity (Wildman–Crippen MR) is 124 cm³/mol. The van der Waals surface area contributed by atoms with E-state index < -0.39 is 11.9 Å². The number of hydrogen-bond acceptors (Lipinski definition) is 6. The number of benzene rings is 2. The molecule has 0 amide bonds. The second kappa shape index (κ2) is 9.58. The number of methoxy groups -OCH3 is 2. The van der Waals surface area contributed by atoms with Crippen molar-refractivity contribution in [2.75, 3.05) is 20.8 Å². The number of aromatic nitrogens is 2. The van der Waals surface area contributed by atoms with Crippen molar-refractivity contribution >= 4 is 11.9 Å². The molecule has 172 valence electrons. The number of esters is 2. The third kappa shape index (κ3) is 4.16. The van der Waals surface area contributed by atoms with Gasteiger partial charge in [-0.3, -0.25) is 0 Å². The fourth-order valence-electron chi connectivity index (χ4n) is 4.72. The predicted octanol–water partition coefficient (Wildman–Crippen LogP) is 4.31. The molecule has 7 heteroatoms. The molecule has 0 unspecified atom stereocenters. The fourth-order valence-corrected chi connectivity index (χ4v) is 4.72. The molecular formula is C26H28N2O5. The maximum Gasteiger partial charge on any atom is 0.357 e. The molecule has 0 spiro atoms. The molecule has 1 heterocycles. The zero-order chi connectivity index (χ0) is 23.4. The average molecular weight is 449 g/mol. The summed E-state index contributed by atoms with van der Waals surface area (Å²) in [5.41, 5.74) is 2.37. The lowest BCUT2D eigenvalue weighted by Crippen LogP contribution is -2.33. The normalized spacial score (nSPS) is 15.1. The summed E-state index contributed by atoms with van der Waals surface area (Å²) < 4.78 is 11.4. The molecule has 1 aromatic heterocycles. The van der Waals surface area contributed by atoms with E-state index in [0.717, 1.165) is 37.7 Å². The highest BCUT2D eigenvalue weighted by molar-refractivity contribution is 6.06. The van der Waals surface area contributed by atoms with Crippen molar-refractivity contribution in [3.8, 4) is 16.9 Å². The van der Waals surface area contributed by atoms with Gasteiger partial charge in [-0.15, -0.1) is 0 Å². The molecule has 0 saturated heterocycles. The molecule has 3 aromatic rings. The quantitative estimate of drug-likeness (QED) is 0.565. The first-order valence-corrected chi connectivity index (χ1v) is 11.1. The summed E-state index contributed by atoms with van der Waals surface area (Å²) in [5, 5.41) is 15.0. The van der Waals surface area contributed by atoms with Crippen LogP contribution in [0.15, 0.2) is 54.6 Å². The van der Waals surface area contributed by atoms with Crippen LogP contribution in [0.4, 0.5) is 0 Å². The van der Waals surface area contributed by atoms with Gasteiger partial charge in [-0.1, -0.05) is 55.7 Å². The van der Waals surface area contributed by atoms with Crippen LogP contribution in [-0.2, 0) is 14.9 Å². The van der Waals surface area contributed by atoms with E-state index in [1.165, 1.54) is 18.9 Å². The summed E-state index contributed by atoms with van der Waals surface area (Å²) in [6.07, 6.45) is 5.10. The average Bonchev–Trinajstić information content (AvgIpc) is 3.29. The summed E-state index contributed by atoms with van der Waals surface area (Å²) >= 11 is 0. The molecule has 33 heavy (non-hydrogen) atoms. The molecular weight excluding hydrogens is 420 g/mol. The Hall–Kier alpha value is -3.45. The fraction of sp³-hybridized carbons (Fsp3) is 0.346. The number of nitrogens with zero attached hydrogens (tertiary/aromatic N) is 2. The van der Waals surface area contributed by atoms with Gasteiger partial charge in [0.2, 0.25) is 0 Å². The standard InChI is InChI=1S/C26H28N2O5/c1-32-24(30)21-22(27-28(23(21)25(31)33-2)20-12-5-3-6-13-20)18-10-9-11-19(16-18)26(17-29)14-7-4-8-15-26/h3,5-6,9-13,16,29H,4,7-8,14-15,17H2,1-2H3. The van der Waals surface area contributed by atoms with E-state index in [2.05, 4.69) is 5.10 Å². The van der Waals surface area contributed by atoms with Crippen LogP contribution >= 0.6 is 0 Å². The number of hydrogen-bond donors (Lipinski definition) is 1. The smallest absolute Gasteiger partial charge is 0.357 e. The van der Waals surface area contributed by atoms with Crippen LogP contribution < -0.4 is 0 Å². The number of ether oxygens (including phenoxy) is 2. The molecule has 4 rings (SSSR count). The van der Waals surface area contributed by atoms with Gasteiger partial charge < -0.3 is 14.6 Å². The molecule has 7 nitrogen and oxygen atoms in total. The van der Waals surface area contributed by atoms with Crippen molar-refractivity contribution in [1.82, 2.24) is 9.78 Å². The maximum atomic E-state index is 12.9. The van der Waals surface area contributed by atoms with Crippen LogP contribution in [0.3, 0.4) is 0 Å². The first kappa shape index (κ1) is 22.7. The zero-order valence-corrected chi connectivity index (χ0v) is 18.9. The first-order chi connectivity index (χ1) is 16.0. The van der Waals surface area contributed by atoms with Crippen LogP contribution in [0.5, 0.6) is 0 Å². The number of carbonyl (C=O) groups is 2. The third-order valence-corrected chi connectivity index (χ3v) is 6.52. The maximum absolute atomic E-state index is 12.9. The molecule has 1 saturated carbocycles. The minimum Gasteiger partial charge on any atom is -0.465 e. The van der Waals surface area contributed by atoms with Crippen LogP contribution in [0.2, 0.25) is 0 Å². The van der Waals surface area contributed by atoms with Crippen molar-refractivity contribution < 1.29 is 24.2 Å². The SMILES string of the molecule is COC(=O)c1c(-c2cccc(C3(CO)CCCCC3)c2)nn(-c2ccccc2)c1C(=O)OC. The van der Waals surface area contributed by atoms with Gasteiger partial charge in [-0.2, -0.15) is 5.10 Å². The van der Waals surface area contributed by atoms with Crippen LogP contribution in [-0.4, -0.2) is 47.7 Å². The minimum absolute atomic E-state index is 0.00508. The van der Waals surface area contributed by atoms with E-state index in [1.807, 2.05) is 42.5 Å². The Bertz CT molecular complexity index is 1150. The van der Waals surface area contributed by atoms with E-state index in [4.69, 9.17) is 9.47 Å². The molecule has 1 fully saturated rings. The van der Waals surface area contributed by atoms with Crippen LogP contribution in [0.1, 0.15) is 58.5 Å². The van der Waals surface area contributed by atoms with E-state index >= 15 is 0 Å². The van der Waals surface area contributed by atoms with E-state index in [-0.39, 0.29) is 23.3 Å². The molecule has 1 N–H and O–H groups in total. The first-order valence-electron chi connectivity index (χ1n) is 11.1. The van der Waals surface area contributed by atoms with Gasteiger partial charge in [-0.05, 0) is 36.6 Å². The van der Waals surface area contributed by atoms with Gasteiger partial charge in [0.15, 0.2) is 5.69 Å². The van der Waals surface area contributed by atoms with Gasteiger partial charge in [-0.25, -0.2) is 14.3 Å². The van der Waals surface area contributed by atoms with Crippen LogP contribution in [0, 0.1) is 0 Å². The van der Waals surface area contributed by atoms with Gasteiger partial charge in [0.25, 0.3) is 0 Å². The second-order valence-corrected chi connectivity index (χ2v) is 8.38. The Kier molecular flexibility index (Phi) is 6.60. The monoisotopic (exact) mass is 448 g/mol. The van der Waals surface area contributed by atoms with E-state index in [1.54, 1.807) is 12.1 Å². The molecule has 0 bridgehead atoms. The summed E-state index contributed by atoms with van der Waals surface area (Å²) in [7, 11) is 2.53. The lowest BCUT2D eigenvalue weighted by atomic mass is 9.69. The number of rotatable bonds is 6. The highest BCUT2D eigenvalue weighted by Gasteiger charge is 2.35. The summed E-state index contributed by atoms with van der Waals surface area (Å²) in [6.45, 7) is 0.0617. The Morgan fingerprint density at radius 1 is 0.970 bits per heavy atom. The highest BCUT2D eigenvalue weighted by atomic mass is 16.5. The Morgan fingerprint density at radius 2 is 1.67 bits per heavy atom. The van der Waals surface area contributed by atoms with E-state index in [9.17, 15) is 14.7 Å². The Labute approximate surface area is 193 Å². The van der Waals surface area contributed by atoms with Crippen molar-refractivity contribution in [1.29, 1.82) is 0 Å². The molecule has 1 aliphatic rings. The Morgan fingerprint density at radius 3 is 2.30 bits per heavy atom. The van der Waals surface area contributed by atoms with E-state index in [0.29, 0.717) is 16.9 Å². The lowest BCUT2D eigenvalue weighted by molar-refractivity contribution is 0.0549. The number of carbonyl (C=O) groups excluding carboxylic acids is 2. The topological polar surface area (TPSA) is 90.6 Å². The molecule has 0 radical (unpaired) electrons. The van der Waals surface area contributed by atoms with Crippen molar-refractivity contribution in [3.05, 3.63) is 71.4 Å². The highest BCUT2D eigenvalue weighted by Crippen LogP contribution is 2.40. The Balaban J connectivity index is 1.94. The van der Waals surface area contributed by atoms with Gasteiger partial charge in [0, 0.05) is 11.0 Å². The van der Waals surface area contributed by atoms with Crippen LogP contribution in [0.25, 0.3) is 16.9 Å². The number of aliphatic hydroxyl groups is 1. The number of aliphatic hydroxyl groups excluding tert-OH is 1. The molecule has 0 atom stereocenters. The largest absolute Gasteiger partial charge is 0.465 e. The zero-order valence-electron chi connectivity index (χ0n) is 18.9. The lowest BCUT2D eigenvalue weighted by Gasteiger charge is -2.36. The van der Waals surface area contributed by atoms with Crippen molar-refractivity contribution in [2.24, 2.45) is 0 Å². The third-order valence-electron chi connectivity index (χ3n) is 6.52. The molecule has 1 aliphatic carbocycles.